The number of benzene rings is 1. The largest absolute Gasteiger partial charge is 0.480 e. The number of carboxylic acid groups (broad SMARTS) is 1. The van der Waals surface area contributed by atoms with Crippen molar-refractivity contribution in [1.29, 1.82) is 0 Å². The van der Waals surface area contributed by atoms with Crippen LogP contribution in [-0.4, -0.2) is 16.1 Å². The Kier molecular flexibility index (Phi) is 4.52. The molecule has 5 heteroatoms. The minimum absolute atomic E-state index is 0.516. The van der Waals surface area contributed by atoms with E-state index in [1.165, 1.54) is 0 Å². The lowest BCUT2D eigenvalue weighted by molar-refractivity contribution is -0.139. The summed E-state index contributed by atoms with van der Waals surface area (Å²) in [7, 11) is 0. The van der Waals surface area contributed by atoms with Gasteiger partial charge in [-0.25, -0.2) is 4.98 Å². The highest BCUT2D eigenvalue weighted by molar-refractivity contribution is 7.11. The van der Waals surface area contributed by atoms with E-state index in [0.29, 0.717) is 6.54 Å². The zero-order valence-corrected chi connectivity index (χ0v) is 12.6. The smallest absolute Gasteiger partial charge is 0.325 e. The Morgan fingerprint density at radius 1 is 1.40 bits per heavy atom. The lowest BCUT2D eigenvalue weighted by Crippen LogP contribution is -2.28. The van der Waals surface area contributed by atoms with Crippen LogP contribution in [0.2, 0.25) is 0 Å². The number of hydrogen-bond donors (Lipinski definition) is 2. The van der Waals surface area contributed by atoms with Gasteiger partial charge < -0.3 is 5.11 Å². The normalized spacial score (nSPS) is 12.3. The Bertz CT molecular complexity index is 622. The maximum Gasteiger partial charge on any atom is 0.325 e. The monoisotopic (exact) mass is 290 g/mol. The zero-order chi connectivity index (χ0) is 14.7. The van der Waals surface area contributed by atoms with Crippen molar-refractivity contribution in [3.05, 3.63) is 51.0 Å². The van der Waals surface area contributed by atoms with Crippen LogP contribution in [-0.2, 0) is 11.3 Å². The number of hydrogen-bond acceptors (Lipinski definition) is 4. The van der Waals surface area contributed by atoms with E-state index >= 15 is 0 Å². The highest BCUT2D eigenvalue weighted by Crippen LogP contribution is 2.20. The van der Waals surface area contributed by atoms with Crippen LogP contribution in [0.5, 0.6) is 0 Å². The number of rotatable bonds is 5. The molecule has 0 amide bonds. The molecular weight excluding hydrogens is 272 g/mol. The topological polar surface area (TPSA) is 62.2 Å². The Morgan fingerprint density at radius 2 is 2.15 bits per heavy atom. The second-order valence-corrected chi connectivity index (χ2v) is 6.10. The number of aryl methyl sites for hydroxylation is 3. The number of aromatic nitrogens is 1. The minimum Gasteiger partial charge on any atom is -0.480 e. The lowest BCUT2D eigenvalue weighted by atomic mass is 10.0. The number of nitrogens with zero attached hydrogens (tertiary/aromatic N) is 1. The van der Waals surface area contributed by atoms with E-state index in [4.69, 9.17) is 0 Å². The van der Waals surface area contributed by atoms with E-state index in [1.54, 1.807) is 11.3 Å². The SMILES string of the molecule is Cc1cccc(C(NCc2sc(C)nc2C)C(=O)O)c1. The highest BCUT2D eigenvalue weighted by Gasteiger charge is 2.20. The molecule has 0 aliphatic carbocycles. The second kappa shape index (κ2) is 6.15. The summed E-state index contributed by atoms with van der Waals surface area (Å²) in [5.74, 6) is -0.866. The van der Waals surface area contributed by atoms with Gasteiger partial charge >= 0.3 is 5.97 Å². The van der Waals surface area contributed by atoms with Crippen molar-refractivity contribution in [3.63, 3.8) is 0 Å². The molecule has 1 heterocycles. The average molecular weight is 290 g/mol. The van der Waals surface area contributed by atoms with Crippen LogP contribution in [0, 0.1) is 20.8 Å². The van der Waals surface area contributed by atoms with Gasteiger partial charge in [0.25, 0.3) is 0 Å². The van der Waals surface area contributed by atoms with Crippen LogP contribution in [0.1, 0.15) is 32.7 Å². The highest BCUT2D eigenvalue weighted by atomic mass is 32.1. The average Bonchev–Trinajstić information content (AvgIpc) is 2.68. The first kappa shape index (κ1) is 14.7. The van der Waals surface area contributed by atoms with Gasteiger partial charge in [-0.1, -0.05) is 29.8 Å². The Labute approximate surface area is 122 Å². The van der Waals surface area contributed by atoms with Crippen molar-refractivity contribution < 1.29 is 9.90 Å². The van der Waals surface area contributed by atoms with E-state index < -0.39 is 12.0 Å². The molecule has 0 spiro atoms. The maximum absolute atomic E-state index is 11.4. The molecule has 0 bridgehead atoms. The third-order valence-electron chi connectivity index (χ3n) is 3.09. The number of carboxylic acids is 1. The summed E-state index contributed by atoms with van der Waals surface area (Å²) in [5.41, 5.74) is 2.80. The number of aliphatic carboxylic acids is 1. The molecular formula is C15H18N2O2S. The van der Waals surface area contributed by atoms with Gasteiger partial charge in [-0.05, 0) is 26.3 Å². The summed E-state index contributed by atoms with van der Waals surface area (Å²) in [5, 5.41) is 13.5. The number of carbonyl (C=O) groups is 1. The van der Waals surface area contributed by atoms with Crippen LogP contribution in [0.25, 0.3) is 0 Å². The Hall–Kier alpha value is -1.72. The van der Waals surface area contributed by atoms with E-state index in [0.717, 1.165) is 26.7 Å². The first-order valence-electron chi connectivity index (χ1n) is 6.43. The predicted molar refractivity (Wildman–Crippen MR) is 80.0 cm³/mol. The molecule has 0 saturated heterocycles. The summed E-state index contributed by atoms with van der Waals surface area (Å²) in [6, 6.07) is 6.88. The molecule has 1 unspecified atom stereocenters. The predicted octanol–water partition coefficient (Wildman–Crippen LogP) is 2.98. The van der Waals surface area contributed by atoms with Crippen LogP contribution >= 0.6 is 11.3 Å². The fraction of sp³-hybridized carbons (Fsp3) is 0.333. The van der Waals surface area contributed by atoms with E-state index in [2.05, 4.69) is 10.3 Å². The molecule has 1 aromatic carbocycles. The number of thiazole rings is 1. The fourth-order valence-electron chi connectivity index (χ4n) is 2.13. The molecule has 2 N–H and O–H groups in total. The zero-order valence-electron chi connectivity index (χ0n) is 11.8. The summed E-state index contributed by atoms with van der Waals surface area (Å²) >= 11 is 1.60. The quantitative estimate of drug-likeness (QED) is 0.888. The summed E-state index contributed by atoms with van der Waals surface area (Å²) < 4.78 is 0. The summed E-state index contributed by atoms with van der Waals surface area (Å²) in [4.78, 5) is 16.9. The third-order valence-corrected chi connectivity index (χ3v) is 4.16. The molecule has 1 aromatic heterocycles. The van der Waals surface area contributed by atoms with Crippen LogP contribution < -0.4 is 5.32 Å². The minimum atomic E-state index is -0.866. The van der Waals surface area contributed by atoms with Crippen molar-refractivity contribution in [3.8, 4) is 0 Å². The molecule has 4 nitrogen and oxygen atoms in total. The van der Waals surface area contributed by atoms with Gasteiger partial charge in [0, 0.05) is 11.4 Å². The van der Waals surface area contributed by atoms with Gasteiger partial charge in [0.15, 0.2) is 0 Å². The van der Waals surface area contributed by atoms with Crippen molar-refractivity contribution >= 4 is 17.3 Å². The first-order chi connectivity index (χ1) is 9.47. The number of nitrogens with one attached hydrogen (secondary N) is 1. The van der Waals surface area contributed by atoms with Crippen LogP contribution in [0.3, 0.4) is 0 Å². The first-order valence-corrected chi connectivity index (χ1v) is 7.24. The van der Waals surface area contributed by atoms with Gasteiger partial charge in [0.1, 0.15) is 6.04 Å². The van der Waals surface area contributed by atoms with E-state index in [-0.39, 0.29) is 0 Å². The maximum atomic E-state index is 11.4. The van der Waals surface area contributed by atoms with E-state index in [9.17, 15) is 9.90 Å². The molecule has 0 aliphatic rings. The fourth-order valence-corrected chi connectivity index (χ4v) is 3.02. The molecule has 2 rings (SSSR count). The molecule has 0 aliphatic heterocycles. The van der Waals surface area contributed by atoms with Crippen molar-refractivity contribution in [1.82, 2.24) is 10.3 Å². The Morgan fingerprint density at radius 3 is 2.70 bits per heavy atom. The second-order valence-electron chi connectivity index (χ2n) is 4.81. The molecule has 20 heavy (non-hydrogen) atoms. The summed E-state index contributed by atoms with van der Waals surface area (Å²) in [6.45, 7) is 6.38. The molecule has 0 fully saturated rings. The van der Waals surface area contributed by atoms with Crippen molar-refractivity contribution in [2.45, 2.75) is 33.4 Å². The van der Waals surface area contributed by atoms with Gasteiger partial charge in [-0.2, -0.15) is 0 Å². The standard InChI is InChI=1S/C15H18N2O2S/c1-9-5-4-6-12(7-9)14(15(18)19)16-8-13-10(2)17-11(3)20-13/h4-7,14,16H,8H2,1-3H3,(H,18,19). The van der Waals surface area contributed by atoms with E-state index in [1.807, 2.05) is 45.0 Å². The molecule has 106 valence electrons. The van der Waals surface area contributed by atoms with Crippen molar-refractivity contribution in [2.24, 2.45) is 0 Å². The Balaban J connectivity index is 2.15. The van der Waals surface area contributed by atoms with Crippen molar-refractivity contribution in [2.75, 3.05) is 0 Å². The lowest BCUT2D eigenvalue weighted by Gasteiger charge is -2.15. The van der Waals surface area contributed by atoms with Gasteiger partial charge in [-0.15, -0.1) is 11.3 Å². The van der Waals surface area contributed by atoms with Gasteiger partial charge in [0.05, 0.1) is 10.7 Å². The van der Waals surface area contributed by atoms with Crippen LogP contribution in [0.15, 0.2) is 24.3 Å². The molecule has 0 radical (unpaired) electrons. The van der Waals surface area contributed by atoms with Crippen LogP contribution in [0.4, 0.5) is 0 Å². The summed E-state index contributed by atoms with van der Waals surface area (Å²) in [6.07, 6.45) is 0. The molecule has 2 aromatic rings. The molecule has 0 saturated carbocycles. The van der Waals surface area contributed by atoms with Gasteiger partial charge in [0.2, 0.25) is 0 Å². The molecule has 1 atom stereocenters. The third kappa shape index (κ3) is 3.43. The van der Waals surface area contributed by atoms with Gasteiger partial charge in [-0.3, -0.25) is 10.1 Å².